The largest absolute Gasteiger partial charge is 0.396 e. The van der Waals surface area contributed by atoms with Crippen molar-refractivity contribution < 1.29 is 5.11 Å². The van der Waals surface area contributed by atoms with Crippen molar-refractivity contribution in [2.45, 2.75) is 46.5 Å². The Labute approximate surface area is 89.1 Å². The summed E-state index contributed by atoms with van der Waals surface area (Å²) >= 11 is 0. The minimum atomic E-state index is 0.364. The first kappa shape index (κ1) is 13.9. The molecule has 2 atom stereocenters. The van der Waals surface area contributed by atoms with Crippen LogP contribution in [-0.4, -0.2) is 24.8 Å². The van der Waals surface area contributed by atoms with Crippen LogP contribution in [0.15, 0.2) is 0 Å². The Balaban J connectivity index is 0.000000292. The fraction of sp³-hybridized carbons (Fsp3) is 1.00. The maximum Gasteiger partial charge on any atom is 0.0462 e. The average Bonchev–Trinajstić information content (AvgIpc) is 2.21. The second-order valence-corrected chi connectivity index (χ2v) is 4.27. The molecule has 1 rings (SSSR count). The zero-order valence-corrected chi connectivity index (χ0v) is 10.1. The normalized spacial score (nSPS) is 26.6. The van der Waals surface area contributed by atoms with Gasteiger partial charge in [-0.15, -0.1) is 0 Å². The molecule has 0 aromatic heterocycles. The number of hydrogen-bond donors (Lipinski definition) is 2. The van der Waals surface area contributed by atoms with Gasteiger partial charge in [-0.25, -0.2) is 0 Å². The zero-order chi connectivity index (χ0) is 10.8. The van der Waals surface area contributed by atoms with Crippen molar-refractivity contribution in [3.05, 3.63) is 0 Å². The molecule has 86 valence electrons. The van der Waals surface area contributed by atoms with Gasteiger partial charge in [-0.3, -0.25) is 0 Å². The lowest BCUT2D eigenvalue weighted by atomic mass is 9.89. The number of nitrogens with one attached hydrogen (secondary N) is 1. The number of rotatable bonds is 3. The molecule has 0 unspecified atom stereocenters. The van der Waals surface area contributed by atoms with E-state index in [1.165, 1.54) is 19.3 Å². The second kappa shape index (κ2) is 9.47. The van der Waals surface area contributed by atoms with Gasteiger partial charge in [-0.05, 0) is 31.3 Å². The van der Waals surface area contributed by atoms with E-state index in [0.29, 0.717) is 18.4 Å². The molecule has 1 aliphatic heterocycles. The summed E-state index contributed by atoms with van der Waals surface area (Å²) in [7, 11) is 0. The number of piperidine rings is 1. The third-order valence-electron chi connectivity index (χ3n) is 2.90. The molecule has 1 saturated heterocycles. The van der Waals surface area contributed by atoms with Gasteiger partial charge in [0.25, 0.3) is 0 Å². The van der Waals surface area contributed by atoms with Crippen LogP contribution in [0, 0.1) is 11.8 Å². The van der Waals surface area contributed by atoms with Gasteiger partial charge < -0.3 is 10.4 Å². The summed E-state index contributed by atoms with van der Waals surface area (Å²) in [5, 5.41) is 12.1. The molecule has 14 heavy (non-hydrogen) atoms. The standard InChI is InChI=1S/C7H15NO.C5H12/c1-6-4-8-3-2-7(6)5-9;1-3-5-4-2/h6-9H,2-5H2,1H3;3-5H2,1-2H3/t6-,7-;/m1./s1. The van der Waals surface area contributed by atoms with Crippen LogP contribution in [-0.2, 0) is 0 Å². The van der Waals surface area contributed by atoms with E-state index in [1.807, 2.05) is 0 Å². The van der Waals surface area contributed by atoms with E-state index in [9.17, 15) is 0 Å². The summed E-state index contributed by atoms with van der Waals surface area (Å²) in [5.74, 6) is 1.20. The number of unbranched alkanes of at least 4 members (excludes halogenated alkanes) is 2. The van der Waals surface area contributed by atoms with Crippen LogP contribution in [0.1, 0.15) is 46.5 Å². The Hall–Kier alpha value is -0.0800. The van der Waals surface area contributed by atoms with Crippen molar-refractivity contribution >= 4 is 0 Å². The van der Waals surface area contributed by atoms with Crippen molar-refractivity contribution in [3.63, 3.8) is 0 Å². The van der Waals surface area contributed by atoms with E-state index in [-0.39, 0.29) is 0 Å². The molecule has 0 saturated carbocycles. The molecule has 2 N–H and O–H groups in total. The van der Waals surface area contributed by atoms with Crippen molar-refractivity contribution in [2.24, 2.45) is 11.8 Å². The Morgan fingerprint density at radius 1 is 1.29 bits per heavy atom. The topological polar surface area (TPSA) is 32.3 Å². The highest BCUT2D eigenvalue weighted by Gasteiger charge is 2.19. The first-order valence-corrected chi connectivity index (χ1v) is 6.07. The van der Waals surface area contributed by atoms with Gasteiger partial charge in [0.05, 0.1) is 0 Å². The van der Waals surface area contributed by atoms with E-state index in [0.717, 1.165) is 19.5 Å². The summed E-state index contributed by atoms with van der Waals surface area (Å²) in [6.07, 6.45) is 5.21. The Kier molecular flexibility index (Phi) is 9.42. The summed E-state index contributed by atoms with van der Waals surface area (Å²) in [5.41, 5.74) is 0. The third-order valence-corrected chi connectivity index (χ3v) is 2.90. The lowest BCUT2D eigenvalue weighted by molar-refractivity contribution is 0.153. The number of aliphatic hydroxyl groups is 1. The summed E-state index contributed by atoms with van der Waals surface area (Å²) in [4.78, 5) is 0. The molecule has 1 aliphatic rings. The van der Waals surface area contributed by atoms with Gasteiger partial charge in [0, 0.05) is 6.61 Å². The van der Waals surface area contributed by atoms with E-state index < -0.39 is 0 Å². The van der Waals surface area contributed by atoms with E-state index in [1.54, 1.807) is 0 Å². The quantitative estimate of drug-likeness (QED) is 0.735. The summed E-state index contributed by atoms with van der Waals surface area (Å²) < 4.78 is 0. The van der Waals surface area contributed by atoms with Crippen LogP contribution in [0.25, 0.3) is 0 Å². The molecule has 0 aliphatic carbocycles. The molecule has 0 bridgehead atoms. The van der Waals surface area contributed by atoms with Gasteiger partial charge >= 0.3 is 0 Å². The molecule has 2 nitrogen and oxygen atoms in total. The average molecular weight is 201 g/mol. The molecule has 0 aromatic carbocycles. The summed E-state index contributed by atoms with van der Waals surface area (Å²) in [6, 6.07) is 0. The van der Waals surface area contributed by atoms with Crippen molar-refractivity contribution in [3.8, 4) is 0 Å². The van der Waals surface area contributed by atoms with Crippen molar-refractivity contribution in [1.29, 1.82) is 0 Å². The van der Waals surface area contributed by atoms with Crippen LogP contribution in [0.2, 0.25) is 0 Å². The lowest BCUT2D eigenvalue weighted by Gasteiger charge is -2.27. The van der Waals surface area contributed by atoms with E-state index >= 15 is 0 Å². The smallest absolute Gasteiger partial charge is 0.0462 e. The minimum Gasteiger partial charge on any atom is -0.396 e. The monoisotopic (exact) mass is 201 g/mol. The predicted molar refractivity (Wildman–Crippen MR) is 62.4 cm³/mol. The van der Waals surface area contributed by atoms with Gasteiger partial charge in [0.15, 0.2) is 0 Å². The van der Waals surface area contributed by atoms with Gasteiger partial charge in [-0.2, -0.15) is 0 Å². The Bertz CT molecular complexity index is 115. The highest BCUT2D eigenvalue weighted by Crippen LogP contribution is 2.16. The Morgan fingerprint density at radius 2 is 1.93 bits per heavy atom. The highest BCUT2D eigenvalue weighted by molar-refractivity contribution is 4.73. The number of hydrogen-bond acceptors (Lipinski definition) is 2. The van der Waals surface area contributed by atoms with Crippen LogP contribution < -0.4 is 5.32 Å². The SMILES string of the molecule is CCCCC.C[C@@H]1CNCC[C@@H]1CO. The molecule has 0 spiro atoms. The Morgan fingerprint density at radius 3 is 2.21 bits per heavy atom. The minimum absolute atomic E-state index is 0.364. The first-order valence-electron chi connectivity index (χ1n) is 6.07. The molecule has 0 aromatic rings. The third kappa shape index (κ3) is 6.39. The highest BCUT2D eigenvalue weighted by atomic mass is 16.3. The van der Waals surface area contributed by atoms with Crippen LogP contribution >= 0.6 is 0 Å². The molecule has 0 amide bonds. The lowest BCUT2D eigenvalue weighted by Crippen LogP contribution is -2.36. The second-order valence-electron chi connectivity index (χ2n) is 4.27. The van der Waals surface area contributed by atoms with Gasteiger partial charge in [0.2, 0.25) is 0 Å². The molecule has 1 heterocycles. The van der Waals surface area contributed by atoms with Gasteiger partial charge in [0.1, 0.15) is 0 Å². The molecular formula is C12H27NO. The zero-order valence-electron chi connectivity index (χ0n) is 10.1. The molecular weight excluding hydrogens is 174 g/mol. The fourth-order valence-electron chi connectivity index (χ4n) is 1.69. The van der Waals surface area contributed by atoms with Crippen LogP contribution in [0.5, 0.6) is 0 Å². The van der Waals surface area contributed by atoms with Crippen molar-refractivity contribution in [2.75, 3.05) is 19.7 Å². The number of aliphatic hydroxyl groups excluding tert-OH is 1. The molecule has 0 radical (unpaired) electrons. The predicted octanol–water partition coefficient (Wildman–Crippen LogP) is 2.42. The molecule has 2 heteroatoms. The maximum absolute atomic E-state index is 8.83. The maximum atomic E-state index is 8.83. The molecule has 1 fully saturated rings. The summed E-state index contributed by atoms with van der Waals surface area (Å²) in [6.45, 7) is 9.13. The van der Waals surface area contributed by atoms with Crippen molar-refractivity contribution in [1.82, 2.24) is 5.32 Å². The van der Waals surface area contributed by atoms with Crippen LogP contribution in [0.4, 0.5) is 0 Å². The van der Waals surface area contributed by atoms with E-state index in [4.69, 9.17) is 5.11 Å². The van der Waals surface area contributed by atoms with Gasteiger partial charge in [-0.1, -0.05) is 40.0 Å². The van der Waals surface area contributed by atoms with E-state index in [2.05, 4.69) is 26.1 Å². The first-order chi connectivity index (χ1) is 6.76. The fourth-order valence-corrected chi connectivity index (χ4v) is 1.69. The van der Waals surface area contributed by atoms with Crippen LogP contribution in [0.3, 0.4) is 0 Å².